The smallest absolute Gasteiger partial charge is 0.151 e. The molecule has 0 aliphatic heterocycles. The van der Waals surface area contributed by atoms with E-state index in [1.54, 1.807) is 0 Å². The van der Waals surface area contributed by atoms with Crippen LogP contribution in [0.2, 0.25) is 0 Å². The van der Waals surface area contributed by atoms with Gasteiger partial charge in [0.15, 0.2) is 5.78 Å². The van der Waals surface area contributed by atoms with Gasteiger partial charge in [0.2, 0.25) is 0 Å². The van der Waals surface area contributed by atoms with Gasteiger partial charge in [-0.15, -0.1) is 0 Å². The molecule has 1 radical (unpaired) electrons. The van der Waals surface area contributed by atoms with Crippen molar-refractivity contribution in [2.45, 2.75) is 25.7 Å². The molecule has 1 aliphatic rings. The van der Waals surface area contributed by atoms with E-state index in [4.69, 9.17) is 5.73 Å². The number of rotatable bonds is 2. The third-order valence-corrected chi connectivity index (χ3v) is 1.98. The topological polar surface area (TPSA) is 40.9 Å². The molecular formula is C7H12NO. The summed E-state index contributed by atoms with van der Waals surface area (Å²) < 4.78 is 0. The van der Waals surface area contributed by atoms with Gasteiger partial charge < -0.3 is 0 Å². The lowest BCUT2D eigenvalue weighted by atomic mass is 10.0. The minimum atomic E-state index is -0.00926. The third kappa shape index (κ3) is 1.52. The molecule has 0 unspecified atom stereocenters. The zero-order chi connectivity index (χ0) is 6.69. The van der Waals surface area contributed by atoms with Crippen LogP contribution in [0, 0.1) is 5.92 Å². The Morgan fingerprint density at radius 3 is 2.44 bits per heavy atom. The molecule has 0 aromatic rings. The van der Waals surface area contributed by atoms with E-state index in [2.05, 4.69) is 0 Å². The first-order valence-corrected chi connectivity index (χ1v) is 3.52. The van der Waals surface area contributed by atoms with Gasteiger partial charge in [-0.05, 0) is 12.8 Å². The molecule has 0 saturated heterocycles. The first-order valence-electron chi connectivity index (χ1n) is 3.52. The van der Waals surface area contributed by atoms with E-state index in [-0.39, 0.29) is 18.2 Å². The van der Waals surface area contributed by atoms with Crippen LogP contribution in [0.25, 0.3) is 0 Å². The van der Waals surface area contributed by atoms with Gasteiger partial charge in [-0.1, -0.05) is 12.8 Å². The van der Waals surface area contributed by atoms with E-state index in [1.807, 2.05) is 0 Å². The number of nitrogens with one attached hydrogen (secondary N) is 1. The van der Waals surface area contributed by atoms with Crippen LogP contribution >= 0.6 is 0 Å². The van der Waals surface area contributed by atoms with Gasteiger partial charge in [0, 0.05) is 5.92 Å². The second-order valence-electron chi connectivity index (χ2n) is 2.62. The minimum Gasteiger partial charge on any atom is -0.298 e. The molecule has 2 heteroatoms. The second-order valence-corrected chi connectivity index (χ2v) is 2.62. The predicted octanol–water partition coefficient (Wildman–Crippen LogP) is 1.03. The summed E-state index contributed by atoms with van der Waals surface area (Å²) >= 11 is 0. The van der Waals surface area contributed by atoms with Crippen LogP contribution in [-0.2, 0) is 4.79 Å². The van der Waals surface area contributed by atoms with E-state index in [0.29, 0.717) is 0 Å². The molecule has 0 aromatic heterocycles. The fourth-order valence-electron chi connectivity index (χ4n) is 1.39. The monoisotopic (exact) mass is 126 g/mol. The molecule has 2 nitrogen and oxygen atoms in total. The summed E-state index contributed by atoms with van der Waals surface area (Å²) in [5.74, 6) is 0.398. The highest BCUT2D eigenvalue weighted by molar-refractivity contribution is 5.82. The summed E-state index contributed by atoms with van der Waals surface area (Å²) in [4.78, 5) is 10.8. The number of carbonyl (C=O) groups excluding carboxylic acids is 1. The maximum absolute atomic E-state index is 10.8. The molecule has 9 heavy (non-hydrogen) atoms. The summed E-state index contributed by atoms with van der Waals surface area (Å²) in [7, 11) is 0. The van der Waals surface area contributed by atoms with Gasteiger partial charge in [-0.2, -0.15) is 0 Å². The molecule has 0 spiro atoms. The molecule has 0 atom stereocenters. The third-order valence-electron chi connectivity index (χ3n) is 1.98. The first-order chi connectivity index (χ1) is 4.34. The Hall–Kier alpha value is -0.370. The molecule has 0 heterocycles. The van der Waals surface area contributed by atoms with E-state index in [0.717, 1.165) is 12.8 Å². The fourth-order valence-corrected chi connectivity index (χ4v) is 1.39. The van der Waals surface area contributed by atoms with Crippen molar-refractivity contribution in [3.05, 3.63) is 0 Å². The van der Waals surface area contributed by atoms with Crippen LogP contribution in [0.15, 0.2) is 0 Å². The summed E-state index contributed by atoms with van der Waals surface area (Å²) in [5, 5.41) is 0. The van der Waals surface area contributed by atoms with E-state index in [9.17, 15) is 4.79 Å². The molecule has 1 aliphatic carbocycles. The SMILES string of the molecule is [NH]CC(=O)C1CCCC1. The molecule has 1 fully saturated rings. The molecule has 51 valence electrons. The summed E-state index contributed by atoms with van der Waals surface area (Å²) in [6, 6.07) is 0. The Labute approximate surface area is 55.4 Å². The lowest BCUT2D eigenvalue weighted by Crippen LogP contribution is -2.15. The summed E-state index contributed by atoms with van der Waals surface area (Å²) in [6.45, 7) is -0.00926. The lowest BCUT2D eigenvalue weighted by Gasteiger charge is -2.02. The quantitative estimate of drug-likeness (QED) is 0.544. The van der Waals surface area contributed by atoms with Crippen LogP contribution < -0.4 is 5.73 Å². The van der Waals surface area contributed by atoms with Crippen LogP contribution in [0.5, 0.6) is 0 Å². The molecule has 1 N–H and O–H groups in total. The van der Waals surface area contributed by atoms with Crippen molar-refractivity contribution in [3.8, 4) is 0 Å². The Balaban J connectivity index is 2.32. The summed E-state index contributed by atoms with van der Waals surface area (Å²) in [6.07, 6.45) is 4.46. The average Bonchev–Trinajstić information content (AvgIpc) is 2.37. The zero-order valence-electron chi connectivity index (χ0n) is 5.52. The van der Waals surface area contributed by atoms with Crippen molar-refractivity contribution < 1.29 is 4.79 Å². The Morgan fingerprint density at radius 1 is 1.44 bits per heavy atom. The molecular weight excluding hydrogens is 114 g/mol. The Kier molecular flexibility index (Phi) is 2.22. The van der Waals surface area contributed by atoms with Crippen molar-refractivity contribution in [3.63, 3.8) is 0 Å². The summed E-state index contributed by atoms with van der Waals surface area (Å²) in [5.41, 5.74) is 6.82. The lowest BCUT2D eigenvalue weighted by molar-refractivity contribution is -0.121. The zero-order valence-corrected chi connectivity index (χ0v) is 5.52. The number of ketones is 1. The molecule has 1 saturated carbocycles. The van der Waals surface area contributed by atoms with Crippen LogP contribution in [-0.4, -0.2) is 12.3 Å². The normalized spacial score (nSPS) is 20.6. The number of hydrogen-bond donors (Lipinski definition) is 0. The molecule has 0 bridgehead atoms. The van der Waals surface area contributed by atoms with Crippen LogP contribution in [0.1, 0.15) is 25.7 Å². The van der Waals surface area contributed by atoms with Crippen molar-refractivity contribution in [2.75, 3.05) is 6.54 Å². The van der Waals surface area contributed by atoms with Gasteiger partial charge in [0.1, 0.15) is 0 Å². The first kappa shape index (κ1) is 6.75. The fraction of sp³-hybridized carbons (Fsp3) is 0.857. The Morgan fingerprint density at radius 2 is 2.00 bits per heavy atom. The van der Waals surface area contributed by atoms with E-state index >= 15 is 0 Å². The molecule has 0 amide bonds. The van der Waals surface area contributed by atoms with Crippen LogP contribution in [0.3, 0.4) is 0 Å². The highest BCUT2D eigenvalue weighted by atomic mass is 16.1. The average molecular weight is 126 g/mol. The molecule has 1 rings (SSSR count). The van der Waals surface area contributed by atoms with E-state index in [1.165, 1.54) is 12.8 Å². The van der Waals surface area contributed by atoms with Crippen molar-refractivity contribution >= 4 is 5.78 Å². The number of hydrogen-bond acceptors (Lipinski definition) is 1. The van der Waals surface area contributed by atoms with Gasteiger partial charge >= 0.3 is 0 Å². The highest BCUT2D eigenvalue weighted by Crippen LogP contribution is 2.24. The number of carbonyl (C=O) groups is 1. The number of Topliss-reactive ketones (excluding diaryl/α,β-unsaturated/α-hetero) is 1. The van der Waals surface area contributed by atoms with Gasteiger partial charge in [-0.25, -0.2) is 5.73 Å². The van der Waals surface area contributed by atoms with Crippen molar-refractivity contribution in [1.82, 2.24) is 5.73 Å². The van der Waals surface area contributed by atoms with Crippen LogP contribution in [0.4, 0.5) is 0 Å². The van der Waals surface area contributed by atoms with Gasteiger partial charge in [-0.3, -0.25) is 4.79 Å². The second kappa shape index (κ2) is 2.97. The predicted molar refractivity (Wildman–Crippen MR) is 34.9 cm³/mol. The van der Waals surface area contributed by atoms with Gasteiger partial charge in [0.05, 0.1) is 6.54 Å². The molecule has 0 aromatic carbocycles. The largest absolute Gasteiger partial charge is 0.298 e. The minimum absolute atomic E-state index is 0.00926. The van der Waals surface area contributed by atoms with Crippen molar-refractivity contribution in [1.29, 1.82) is 0 Å². The standard InChI is InChI=1S/C7H12NO/c8-5-7(9)6-3-1-2-4-6/h6,8H,1-5H2. The van der Waals surface area contributed by atoms with Gasteiger partial charge in [0.25, 0.3) is 0 Å². The highest BCUT2D eigenvalue weighted by Gasteiger charge is 2.20. The maximum Gasteiger partial charge on any atom is 0.151 e. The Bertz CT molecular complexity index is 105. The maximum atomic E-state index is 10.8. The van der Waals surface area contributed by atoms with Crippen molar-refractivity contribution in [2.24, 2.45) is 5.92 Å². The van der Waals surface area contributed by atoms with E-state index < -0.39 is 0 Å².